The maximum absolute atomic E-state index is 5.66. The van der Waals surface area contributed by atoms with Crippen LogP contribution >= 0.6 is 0 Å². The Kier molecular flexibility index (Phi) is 3.06. The number of anilines is 2. The highest BCUT2D eigenvalue weighted by atomic mass is 15.5. The lowest BCUT2D eigenvalue weighted by molar-refractivity contribution is 0.858. The number of nitrogens with one attached hydrogen (secondary N) is 1. The molecule has 0 radical (unpaired) electrons. The molecule has 1 aliphatic rings. The Labute approximate surface area is 112 Å². The first kappa shape index (κ1) is 11.6. The summed E-state index contributed by atoms with van der Waals surface area (Å²) in [6, 6.07) is 17.8. The summed E-state index contributed by atoms with van der Waals surface area (Å²) in [5.74, 6) is 0.980. The molecule has 1 heterocycles. The zero-order valence-electron chi connectivity index (χ0n) is 10.6. The summed E-state index contributed by atoms with van der Waals surface area (Å²) in [5.41, 5.74) is 11.8. The molecule has 4 heteroatoms. The number of nitrogen functional groups attached to an aromatic ring is 1. The highest BCUT2D eigenvalue weighted by Crippen LogP contribution is 2.18. The van der Waals surface area contributed by atoms with Gasteiger partial charge in [0.25, 0.3) is 0 Å². The number of rotatable bonds is 2. The third kappa shape index (κ3) is 2.68. The molecule has 0 bridgehead atoms. The molecule has 0 unspecified atom stereocenters. The first-order chi connectivity index (χ1) is 9.31. The van der Waals surface area contributed by atoms with Crippen LogP contribution < -0.4 is 16.2 Å². The minimum Gasteiger partial charge on any atom is -0.399 e. The maximum atomic E-state index is 5.66. The van der Waals surface area contributed by atoms with Gasteiger partial charge in [-0.1, -0.05) is 18.2 Å². The Hall–Kier alpha value is -2.49. The first-order valence-electron chi connectivity index (χ1n) is 6.33. The molecule has 1 fully saturated rings. The normalized spacial score (nSPS) is 16.6. The number of benzene rings is 2. The number of para-hydroxylation sites is 1. The van der Waals surface area contributed by atoms with Crippen molar-refractivity contribution in [2.24, 2.45) is 4.99 Å². The van der Waals surface area contributed by atoms with Gasteiger partial charge in [0.2, 0.25) is 0 Å². The average molecular weight is 252 g/mol. The Morgan fingerprint density at radius 1 is 1.00 bits per heavy atom. The highest BCUT2D eigenvalue weighted by Gasteiger charge is 2.16. The number of nitrogens with zero attached hydrogens (tertiary/aromatic N) is 2. The second-order valence-corrected chi connectivity index (χ2v) is 4.50. The number of aliphatic imine (C=N–C) groups is 1. The van der Waals surface area contributed by atoms with Crippen LogP contribution in [0.2, 0.25) is 0 Å². The van der Waals surface area contributed by atoms with Crippen LogP contribution in [0.4, 0.5) is 17.1 Å². The van der Waals surface area contributed by atoms with E-state index in [1.165, 1.54) is 0 Å². The van der Waals surface area contributed by atoms with Crippen LogP contribution in [0.5, 0.6) is 0 Å². The van der Waals surface area contributed by atoms with Gasteiger partial charge in [0.1, 0.15) is 5.84 Å². The standard InChI is InChI=1S/C15H16N4/c16-12-6-8-13(9-7-12)17-15-10-11-19(18-15)14-4-2-1-3-5-14/h1-9H,10-11,16H2,(H,17,18). The molecule has 2 aromatic carbocycles. The zero-order valence-corrected chi connectivity index (χ0v) is 10.6. The molecule has 0 atom stereocenters. The summed E-state index contributed by atoms with van der Waals surface area (Å²) in [4.78, 5) is 4.58. The molecule has 0 amide bonds. The number of amidine groups is 1. The van der Waals surface area contributed by atoms with E-state index >= 15 is 0 Å². The van der Waals surface area contributed by atoms with Crippen molar-refractivity contribution >= 4 is 22.9 Å². The van der Waals surface area contributed by atoms with E-state index < -0.39 is 0 Å². The van der Waals surface area contributed by atoms with Crippen molar-refractivity contribution in [3.63, 3.8) is 0 Å². The Bertz CT molecular complexity index is 575. The fraction of sp³-hybridized carbons (Fsp3) is 0.133. The van der Waals surface area contributed by atoms with Crippen molar-refractivity contribution in [1.29, 1.82) is 0 Å². The van der Waals surface area contributed by atoms with Crippen LogP contribution in [-0.4, -0.2) is 12.4 Å². The van der Waals surface area contributed by atoms with Crippen LogP contribution in [0.1, 0.15) is 6.42 Å². The molecule has 0 spiro atoms. The molecule has 0 aromatic heterocycles. The number of hydrogen-bond acceptors (Lipinski definition) is 3. The van der Waals surface area contributed by atoms with Crippen molar-refractivity contribution in [2.45, 2.75) is 6.42 Å². The first-order valence-corrected chi connectivity index (χ1v) is 6.33. The van der Waals surface area contributed by atoms with E-state index in [2.05, 4.69) is 27.6 Å². The van der Waals surface area contributed by atoms with Crippen LogP contribution in [-0.2, 0) is 0 Å². The summed E-state index contributed by atoms with van der Waals surface area (Å²) in [5, 5.41) is 2.11. The molecule has 0 saturated carbocycles. The lowest BCUT2D eigenvalue weighted by Crippen LogP contribution is -2.32. The van der Waals surface area contributed by atoms with E-state index in [0.717, 1.165) is 35.9 Å². The van der Waals surface area contributed by atoms with Crippen LogP contribution in [0.3, 0.4) is 0 Å². The minimum atomic E-state index is 0.759. The SMILES string of the molecule is Nc1ccc(N=C2CCN(c3ccccc3)N2)cc1. The quantitative estimate of drug-likeness (QED) is 0.808. The lowest BCUT2D eigenvalue weighted by Gasteiger charge is -2.17. The second kappa shape index (κ2) is 5.02. The molecule has 1 saturated heterocycles. The average Bonchev–Trinajstić information content (AvgIpc) is 2.91. The fourth-order valence-electron chi connectivity index (χ4n) is 2.07. The van der Waals surface area contributed by atoms with Gasteiger partial charge in [-0.05, 0) is 36.4 Å². The zero-order chi connectivity index (χ0) is 13.1. The molecule has 0 aliphatic carbocycles. The van der Waals surface area contributed by atoms with Crippen LogP contribution in [0.25, 0.3) is 0 Å². The molecule has 1 aliphatic heterocycles. The Balaban J connectivity index is 1.74. The predicted molar refractivity (Wildman–Crippen MR) is 79.5 cm³/mol. The molecule has 2 aromatic rings. The van der Waals surface area contributed by atoms with E-state index in [-0.39, 0.29) is 0 Å². The largest absolute Gasteiger partial charge is 0.399 e. The predicted octanol–water partition coefficient (Wildman–Crippen LogP) is 2.71. The van der Waals surface area contributed by atoms with Gasteiger partial charge < -0.3 is 5.73 Å². The topological polar surface area (TPSA) is 53.6 Å². The molecule has 3 rings (SSSR count). The van der Waals surface area contributed by atoms with Crippen LogP contribution in [0, 0.1) is 0 Å². The van der Waals surface area contributed by atoms with Crippen LogP contribution in [0.15, 0.2) is 59.6 Å². The Morgan fingerprint density at radius 2 is 1.74 bits per heavy atom. The van der Waals surface area contributed by atoms with E-state index in [4.69, 9.17) is 5.73 Å². The summed E-state index contributed by atoms with van der Waals surface area (Å²) >= 11 is 0. The maximum Gasteiger partial charge on any atom is 0.123 e. The molecular weight excluding hydrogens is 236 g/mol. The van der Waals surface area contributed by atoms with Crippen molar-refractivity contribution < 1.29 is 0 Å². The van der Waals surface area contributed by atoms with Gasteiger partial charge in [-0.15, -0.1) is 0 Å². The van der Waals surface area contributed by atoms with Gasteiger partial charge >= 0.3 is 0 Å². The van der Waals surface area contributed by atoms with Crippen molar-refractivity contribution in [2.75, 3.05) is 17.3 Å². The third-order valence-corrected chi connectivity index (χ3v) is 3.06. The van der Waals surface area contributed by atoms with Gasteiger partial charge in [0.05, 0.1) is 11.4 Å². The van der Waals surface area contributed by atoms with Gasteiger partial charge in [-0.25, -0.2) is 4.99 Å². The van der Waals surface area contributed by atoms with E-state index in [0.29, 0.717) is 0 Å². The Morgan fingerprint density at radius 3 is 2.47 bits per heavy atom. The molecule has 3 N–H and O–H groups in total. The van der Waals surface area contributed by atoms with Gasteiger partial charge in [-0.2, -0.15) is 0 Å². The van der Waals surface area contributed by atoms with Crippen molar-refractivity contribution in [3.05, 3.63) is 54.6 Å². The smallest absolute Gasteiger partial charge is 0.123 e. The van der Waals surface area contributed by atoms with Crippen molar-refractivity contribution in [3.8, 4) is 0 Å². The lowest BCUT2D eigenvalue weighted by atomic mass is 10.3. The summed E-state index contributed by atoms with van der Waals surface area (Å²) in [6.07, 6.45) is 0.916. The van der Waals surface area contributed by atoms with E-state index in [9.17, 15) is 0 Å². The third-order valence-electron chi connectivity index (χ3n) is 3.06. The second-order valence-electron chi connectivity index (χ2n) is 4.50. The molecular formula is C15H16N4. The van der Waals surface area contributed by atoms with Gasteiger partial charge in [0.15, 0.2) is 0 Å². The van der Waals surface area contributed by atoms with E-state index in [1.54, 1.807) is 0 Å². The monoisotopic (exact) mass is 252 g/mol. The highest BCUT2D eigenvalue weighted by molar-refractivity contribution is 5.89. The molecule has 19 heavy (non-hydrogen) atoms. The van der Waals surface area contributed by atoms with Crippen molar-refractivity contribution in [1.82, 2.24) is 5.43 Å². The summed E-state index contributed by atoms with van der Waals surface area (Å²) < 4.78 is 0. The van der Waals surface area contributed by atoms with Gasteiger partial charge in [-0.3, -0.25) is 10.4 Å². The van der Waals surface area contributed by atoms with E-state index in [1.807, 2.05) is 42.5 Å². The molecule has 4 nitrogen and oxygen atoms in total. The minimum absolute atomic E-state index is 0.759. The number of hydrogen-bond donors (Lipinski definition) is 2. The summed E-state index contributed by atoms with van der Waals surface area (Å²) in [7, 11) is 0. The summed E-state index contributed by atoms with van der Waals surface area (Å²) in [6.45, 7) is 0.928. The number of nitrogens with two attached hydrogens (primary N) is 1. The van der Waals surface area contributed by atoms with Gasteiger partial charge in [0, 0.05) is 18.7 Å². The number of hydrazine groups is 1. The molecule has 96 valence electrons. The fourth-order valence-corrected chi connectivity index (χ4v) is 2.07.